The number of ketones is 1. The van der Waals surface area contributed by atoms with Gasteiger partial charge in [0.25, 0.3) is 0 Å². The van der Waals surface area contributed by atoms with E-state index in [4.69, 9.17) is 16.3 Å². The molecule has 0 atom stereocenters. The molecule has 0 bridgehead atoms. The summed E-state index contributed by atoms with van der Waals surface area (Å²) >= 11 is 5.66. The van der Waals surface area contributed by atoms with Crippen molar-refractivity contribution in [1.29, 1.82) is 0 Å². The summed E-state index contributed by atoms with van der Waals surface area (Å²) in [5, 5.41) is 0.0302. The fourth-order valence-electron chi connectivity index (χ4n) is 1.14. The standard InChI is InChI=1S/C9H9ClO4/c1-13-7(12)4-5-3-6(11)8(10)9(5)14-2/h4H,3H2,1-2H3/b5-4+. The smallest absolute Gasteiger partial charge is 0.330 e. The molecular weight excluding hydrogens is 208 g/mol. The van der Waals surface area contributed by atoms with Crippen molar-refractivity contribution in [2.24, 2.45) is 0 Å². The molecule has 5 heteroatoms. The van der Waals surface area contributed by atoms with Gasteiger partial charge >= 0.3 is 5.97 Å². The second-order valence-corrected chi connectivity index (χ2v) is 3.02. The van der Waals surface area contributed by atoms with Crippen molar-refractivity contribution in [3.63, 3.8) is 0 Å². The van der Waals surface area contributed by atoms with Crippen LogP contribution in [0.25, 0.3) is 0 Å². The summed E-state index contributed by atoms with van der Waals surface area (Å²) in [7, 11) is 2.65. The molecule has 0 fully saturated rings. The Morgan fingerprint density at radius 2 is 2.14 bits per heavy atom. The quantitative estimate of drug-likeness (QED) is 0.513. The first kappa shape index (κ1) is 10.8. The van der Waals surface area contributed by atoms with E-state index in [2.05, 4.69) is 4.74 Å². The van der Waals surface area contributed by atoms with Crippen molar-refractivity contribution in [2.75, 3.05) is 14.2 Å². The molecule has 0 aromatic heterocycles. The lowest BCUT2D eigenvalue weighted by Crippen LogP contribution is -1.98. The number of methoxy groups -OCH3 is 2. The molecule has 4 nitrogen and oxygen atoms in total. The van der Waals surface area contributed by atoms with E-state index in [1.807, 2.05) is 0 Å². The highest BCUT2D eigenvalue weighted by Gasteiger charge is 2.27. The van der Waals surface area contributed by atoms with Crippen LogP contribution in [-0.4, -0.2) is 26.0 Å². The van der Waals surface area contributed by atoms with E-state index in [0.29, 0.717) is 5.57 Å². The molecule has 0 saturated heterocycles. The van der Waals surface area contributed by atoms with Gasteiger partial charge in [0.2, 0.25) is 0 Å². The third-order valence-corrected chi connectivity index (χ3v) is 2.17. The molecule has 0 radical (unpaired) electrons. The van der Waals surface area contributed by atoms with E-state index in [1.54, 1.807) is 0 Å². The lowest BCUT2D eigenvalue weighted by molar-refractivity contribution is -0.134. The van der Waals surface area contributed by atoms with Gasteiger partial charge in [-0.15, -0.1) is 0 Å². The Balaban J connectivity index is 3.00. The van der Waals surface area contributed by atoms with Gasteiger partial charge in [0.1, 0.15) is 10.8 Å². The van der Waals surface area contributed by atoms with E-state index in [9.17, 15) is 9.59 Å². The van der Waals surface area contributed by atoms with Crippen LogP contribution >= 0.6 is 11.6 Å². The summed E-state index contributed by atoms with van der Waals surface area (Å²) in [6.07, 6.45) is 1.28. The third kappa shape index (κ3) is 1.96. The monoisotopic (exact) mass is 216 g/mol. The maximum Gasteiger partial charge on any atom is 0.330 e. The molecule has 0 N–H and O–H groups in total. The minimum atomic E-state index is -0.534. The second kappa shape index (κ2) is 4.28. The molecule has 14 heavy (non-hydrogen) atoms. The molecule has 0 amide bonds. The van der Waals surface area contributed by atoms with Crippen LogP contribution in [0, 0.1) is 0 Å². The fraction of sp³-hybridized carbons (Fsp3) is 0.333. The van der Waals surface area contributed by atoms with Gasteiger partial charge in [0, 0.05) is 18.1 Å². The van der Waals surface area contributed by atoms with Gasteiger partial charge in [-0.3, -0.25) is 4.79 Å². The van der Waals surface area contributed by atoms with Crippen molar-refractivity contribution >= 4 is 23.4 Å². The van der Waals surface area contributed by atoms with Crippen LogP contribution in [0.3, 0.4) is 0 Å². The number of rotatable bonds is 2. The molecule has 0 spiro atoms. The zero-order chi connectivity index (χ0) is 10.7. The summed E-state index contributed by atoms with van der Waals surface area (Å²) in [6.45, 7) is 0. The molecule has 0 unspecified atom stereocenters. The van der Waals surface area contributed by atoms with E-state index >= 15 is 0 Å². The van der Waals surface area contributed by atoms with Crippen LogP contribution in [-0.2, 0) is 19.1 Å². The highest BCUT2D eigenvalue weighted by Crippen LogP contribution is 2.31. The Morgan fingerprint density at radius 3 is 2.64 bits per heavy atom. The topological polar surface area (TPSA) is 52.6 Å². The van der Waals surface area contributed by atoms with Crippen LogP contribution in [0.1, 0.15) is 6.42 Å². The first-order valence-electron chi connectivity index (χ1n) is 3.86. The molecule has 0 aliphatic heterocycles. The highest BCUT2D eigenvalue weighted by atomic mass is 35.5. The molecule has 0 saturated carbocycles. The van der Waals surface area contributed by atoms with Crippen LogP contribution in [0.15, 0.2) is 22.4 Å². The zero-order valence-electron chi connectivity index (χ0n) is 7.80. The number of carbonyl (C=O) groups is 2. The van der Waals surface area contributed by atoms with Crippen LogP contribution in [0.2, 0.25) is 0 Å². The molecule has 1 aliphatic rings. The number of carbonyl (C=O) groups excluding carboxylic acids is 2. The molecule has 0 aromatic carbocycles. The minimum Gasteiger partial charge on any atom is -0.495 e. The summed E-state index contributed by atoms with van der Waals surface area (Å²) in [5.74, 6) is -0.533. The molecule has 76 valence electrons. The van der Waals surface area contributed by atoms with E-state index in [-0.39, 0.29) is 23.0 Å². The average molecular weight is 217 g/mol. The minimum absolute atomic E-state index is 0.0302. The van der Waals surface area contributed by atoms with Crippen molar-refractivity contribution < 1.29 is 19.1 Å². The SMILES string of the molecule is COC(=O)/C=C1\CC(=O)C(Cl)=C1OC. The van der Waals surface area contributed by atoms with Gasteiger partial charge in [-0.2, -0.15) is 0 Å². The number of allylic oxidation sites excluding steroid dienone is 2. The lowest BCUT2D eigenvalue weighted by atomic mass is 10.2. The molecular formula is C9H9ClO4. The number of ether oxygens (including phenoxy) is 2. The van der Waals surface area contributed by atoms with Gasteiger partial charge in [-0.1, -0.05) is 11.6 Å². The first-order chi connectivity index (χ1) is 6.60. The Hall–Kier alpha value is -1.29. The number of esters is 1. The van der Waals surface area contributed by atoms with Gasteiger partial charge in [-0.05, 0) is 0 Å². The summed E-state index contributed by atoms with van der Waals surface area (Å²) in [6, 6.07) is 0. The molecule has 1 rings (SSSR count). The Labute approximate surface area is 86.1 Å². The Bertz CT molecular complexity index is 341. The predicted octanol–water partition coefficient (Wildman–Crippen LogP) is 1.16. The normalized spacial score (nSPS) is 19.1. The van der Waals surface area contributed by atoms with Crippen LogP contribution in [0.5, 0.6) is 0 Å². The second-order valence-electron chi connectivity index (χ2n) is 2.64. The van der Waals surface area contributed by atoms with Gasteiger partial charge in [0.05, 0.1) is 14.2 Å². The third-order valence-electron chi connectivity index (χ3n) is 1.78. The molecule has 0 heterocycles. The first-order valence-corrected chi connectivity index (χ1v) is 4.23. The number of hydrogen-bond acceptors (Lipinski definition) is 4. The number of halogens is 1. The summed E-state index contributed by atoms with van der Waals surface area (Å²) in [4.78, 5) is 22.1. The zero-order valence-corrected chi connectivity index (χ0v) is 8.55. The van der Waals surface area contributed by atoms with E-state index in [0.717, 1.165) is 0 Å². The van der Waals surface area contributed by atoms with Crippen molar-refractivity contribution in [3.8, 4) is 0 Å². The molecule has 0 aromatic rings. The summed E-state index contributed by atoms with van der Waals surface area (Å²) in [5.41, 5.74) is 0.453. The fourth-order valence-corrected chi connectivity index (χ4v) is 1.40. The Kier molecular flexibility index (Phi) is 3.30. The largest absolute Gasteiger partial charge is 0.495 e. The average Bonchev–Trinajstić information content (AvgIpc) is 2.42. The maximum absolute atomic E-state index is 11.2. The van der Waals surface area contributed by atoms with E-state index in [1.165, 1.54) is 20.3 Å². The highest BCUT2D eigenvalue weighted by molar-refractivity contribution is 6.44. The predicted molar refractivity (Wildman–Crippen MR) is 49.6 cm³/mol. The lowest BCUT2D eigenvalue weighted by Gasteiger charge is -2.02. The van der Waals surface area contributed by atoms with Gasteiger partial charge in [0.15, 0.2) is 5.78 Å². The van der Waals surface area contributed by atoms with Crippen molar-refractivity contribution in [3.05, 3.63) is 22.4 Å². The number of hydrogen-bond donors (Lipinski definition) is 0. The maximum atomic E-state index is 11.2. The number of Topliss-reactive ketones (excluding diaryl/α,β-unsaturated/α-hetero) is 1. The van der Waals surface area contributed by atoms with Crippen LogP contribution in [0.4, 0.5) is 0 Å². The van der Waals surface area contributed by atoms with Crippen LogP contribution < -0.4 is 0 Å². The van der Waals surface area contributed by atoms with Gasteiger partial charge in [-0.25, -0.2) is 4.79 Å². The van der Waals surface area contributed by atoms with Crippen molar-refractivity contribution in [1.82, 2.24) is 0 Å². The molecule has 1 aliphatic carbocycles. The van der Waals surface area contributed by atoms with Gasteiger partial charge < -0.3 is 9.47 Å². The summed E-state index contributed by atoms with van der Waals surface area (Å²) < 4.78 is 9.33. The Morgan fingerprint density at radius 1 is 1.50 bits per heavy atom. The van der Waals surface area contributed by atoms with Crippen molar-refractivity contribution in [2.45, 2.75) is 6.42 Å². The van der Waals surface area contributed by atoms with E-state index < -0.39 is 5.97 Å².